The Hall–Kier alpha value is -1.49. The Balaban J connectivity index is 2.08. The summed E-state index contributed by atoms with van der Waals surface area (Å²) in [5, 5.41) is 1.87. The van der Waals surface area contributed by atoms with E-state index in [1.165, 1.54) is 22.2 Å². The largest absolute Gasteiger partial charge is 0.276 e. The van der Waals surface area contributed by atoms with Crippen LogP contribution in [-0.4, -0.2) is 20.4 Å². The lowest BCUT2D eigenvalue weighted by Gasteiger charge is -1.96. The topological polar surface area (TPSA) is 47.8 Å². The van der Waals surface area contributed by atoms with Gasteiger partial charge in [-0.05, 0) is 0 Å². The van der Waals surface area contributed by atoms with Crippen molar-refractivity contribution in [1.29, 1.82) is 0 Å². The van der Waals surface area contributed by atoms with Gasteiger partial charge in [-0.25, -0.2) is 9.97 Å². The van der Waals surface area contributed by atoms with Gasteiger partial charge in [0.15, 0.2) is 0 Å². The number of thiazole rings is 1. The molecule has 0 radical (unpaired) electrons. The lowest BCUT2D eigenvalue weighted by atomic mass is 10.3. The Morgan fingerprint density at radius 3 is 3.15 bits per heavy atom. The first-order valence-corrected chi connectivity index (χ1v) is 4.69. The van der Waals surface area contributed by atoms with Crippen molar-refractivity contribution in [2.75, 3.05) is 0 Å². The molecule has 2 aromatic heterocycles. The Morgan fingerprint density at radius 1 is 1.62 bits per heavy atom. The molecule has 0 spiro atoms. The quantitative estimate of drug-likeness (QED) is 0.720. The van der Waals surface area contributed by atoms with Crippen molar-refractivity contribution in [2.24, 2.45) is 0 Å². The molecule has 5 heteroatoms. The van der Waals surface area contributed by atoms with Crippen LogP contribution in [0.3, 0.4) is 0 Å². The van der Waals surface area contributed by atoms with Crippen molar-refractivity contribution in [3.05, 3.63) is 35.3 Å². The highest BCUT2D eigenvalue weighted by Crippen LogP contribution is 2.03. The molecular weight excluding hydrogens is 186 g/mol. The van der Waals surface area contributed by atoms with Gasteiger partial charge in [0.2, 0.25) is 5.91 Å². The Morgan fingerprint density at radius 2 is 2.54 bits per heavy atom. The molecule has 0 unspecified atom stereocenters. The number of hydrogen-bond acceptors (Lipinski definition) is 4. The smallest absolute Gasteiger partial charge is 0.237 e. The Kier molecular flexibility index (Phi) is 2.18. The molecule has 0 saturated carbocycles. The summed E-state index contributed by atoms with van der Waals surface area (Å²) in [6.07, 6.45) is 5.04. The van der Waals surface area contributed by atoms with Crippen LogP contribution in [0.5, 0.6) is 0 Å². The molecule has 4 nitrogen and oxygen atoms in total. The standard InChI is InChI=1S/C8H7N3OS/c12-8(11-2-1-9-5-11)3-7-4-13-6-10-7/h1-2,4-6H,3H2. The highest BCUT2D eigenvalue weighted by atomic mass is 32.1. The number of hydrogen-bond donors (Lipinski definition) is 0. The summed E-state index contributed by atoms with van der Waals surface area (Å²) >= 11 is 1.49. The molecule has 0 atom stereocenters. The van der Waals surface area contributed by atoms with E-state index in [1.54, 1.807) is 17.9 Å². The van der Waals surface area contributed by atoms with Crippen LogP contribution in [0.25, 0.3) is 0 Å². The van der Waals surface area contributed by atoms with Crippen molar-refractivity contribution in [2.45, 2.75) is 6.42 Å². The van der Waals surface area contributed by atoms with E-state index < -0.39 is 0 Å². The lowest BCUT2D eigenvalue weighted by molar-refractivity contribution is 0.0913. The number of rotatable bonds is 2. The van der Waals surface area contributed by atoms with E-state index in [2.05, 4.69) is 9.97 Å². The molecule has 0 N–H and O–H groups in total. The zero-order valence-corrected chi connectivity index (χ0v) is 7.57. The molecule has 0 bridgehead atoms. The number of carbonyl (C=O) groups is 1. The van der Waals surface area contributed by atoms with Gasteiger partial charge in [-0.1, -0.05) is 0 Å². The van der Waals surface area contributed by atoms with E-state index in [-0.39, 0.29) is 5.91 Å². The van der Waals surface area contributed by atoms with Crippen molar-refractivity contribution in [1.82, 2.24) is 14.5 Å². The number of aromatic nitrogens is 3. The minimum absolute atomic E-state index is 0.0107. The molecule has 0 aliphatic heterocycles. The monoisotopic (exact) mass is 193 g/mol. The molecule has 0 aliphatic rings. The number of carbonyl (C=O) groups excluding carboxylic acids is 1. The second-order valence-corrected chi connectivity index (χ2v) is 3.24. The van der Waals surface area contributed by atoms with Crippen LogP contribution < -0.4 is 0 Å². The Labute approximate surface area is 78.9 Å². The summed E-state index contributed by atoms with van der Waals surface area (Å²) in [7, 11) is 0. The third-order valence-corrected chi connectivity index (χ3v) is 2.24. The SMILES string of the molecule is O=C(Cc1cscn1)n1ccnc1. The van der Waals surface area contributed by atoms with Crippen LogP contribution in [0, 0.1) is 0 Å². The predicted octanol–water partition coefficient (Wildman–Crippen LogP) is 1.22. The average molecular weight is 193 g/mol. The third kappa shape index (κ3) is 1.81. The molecule has 0 aromatic carbocycles. The fourth-order valence-electron chi connectivity index (χ4n) is 0.978. The zero-order valence-electron chi connectivity index (χ0n) is 6.75. The number of nitrogens with zero attached hydrogens (tertiary/aromatic N) is 3. The van der Waals surface area contributed by atoms with Crippen LogP contribution >= 0.6 is 11.3 Å². The molecule has 0 amide bonds. The molecule has 66 valence electrons. The van der Waals surface area contributed by atoms with E-state index in [1.807, 2.05) is 5.38 Å². The van der Waals surface area contributed by atoms with Gasteiger partial charge in [-0.3, -0.25) is 9.36 Å². The molecular formula is C8H7N3OS. The molecule has 2 rings (SSSR count). The summed E-state index contributed by atoms with van der Waals surface area (Å²) in [6.45, 7) is 0. The third-order valence-electron chi connectivity index (χ3n) is 1.61. The van der Waals surface area contributed by atoms with Crippen LogP contribution in [0.1, 0.15) is 10.5 Å². The summed E-state index contributed by atoms with van der Waals surface area (Å²) in [6, 6.07) is 0. The normalized spacial score (nSPS) is 10.2. The van der Waals surface area contributed by atoms with E-state index in [9.17, 15) is 4.79 Å². The van der Waals surface area contributed by atoms with E-state index in [4.69, 9.17) is 0 Å². The van der Waals surface area contributed by atoms with Crippen molar-refractivity contribution < 1.29 is 4.79 Å². The molecule has 2 heterocycles. The maximum absolute atomic E-state index is 11.5. The van der Waals surface area contributed by atoms with Crippen LogP contribution in [0.4, 0.5) is 0 Å². The first-order chi connectivity index (χ1) is 6.36. The fraction of sp³-hybridized carbons (Fsp3) is 0.125. The maximum atomic E-state index is 11.5. The maximum Gasteiger partial charge on any atom is 0.237 e. The zero-order chi connectivity index (χ0) is 9.10. The van der Waals surface area contributed by atoms with Gasteiger partial charge >= 0.3 is 0 Å². The second kappa shape index (κ2) is 3.49. The lowest BCUT2D eigenvalue weighted by Crippen LogP contribution is -2.11. The van der Waals surface area contributed by atoms with E-state index >= 15 is 0 Å². The van der Waals surface area contributed by atoms with Gasteiger partial charge in [-0.15, -0.1) is 11.3 Å². The highest BCUT2D eigenvalue weighted by Gasteiger charge is 2.05. The van der Waals surface area contributed by atoms with Crippen molar-refractivity contribution >= 4 is 17.2 Å². The molecule has 13 heavy (non-hydrogen) atoms. The molecule has 0 fully saturated rings. The fourth-order valence-corrected chi connectivity index (χ4v) is 1.54. The van der Waals surface area contributed by atoms with Gasteiger partial charge in [0, 0.05) is 17.8 Å². The minimum atomic E-state index is -0.0107. The first kappa shape index (κ1) is 8.12. The minimum Gasteiger partial charge on any atom is -0.276 e. The predicted molar refractivity (Wildman–Crippen MR) is 48.7 cm³/mol. The highest BCUT2D eigenvalue weighted by molar-refractivity contribution is 7.07. The van der Waals surface area contributed by atoms with Gasteiger partial charge in [-0.2, -0.15) is 0 Å². The van der Waals surface area contributed by atoms with E-state index in [0.29, 0.717) is 6.42 Å². The average Bonchev–Trinajstić information content (AvgIpc) is 2.74. The van der Waals surface area contributed by atoms with Gasteiger partial charge in [0.05, 0.1) is 17.6 Å². The summed E-state index contributed by atoms with van der Waals surface area (Å²) < 4.78 is 1.46. The van der Waals surface area contributed by atoms with Gasteiger partial charge < -0.3 is 0 Å². The van der Waals surface area contributed by atoms with Crippen LogP contribution in [0.2, 0.25) is 0 Å². The van der Waals surface area contributed by atoms with Crippen molar-refractivity contribution in [3.63, 3.8) is 0 Å². The van der Waals surface area contributed by atoms with Crippen LogP contribution in [-0.2, 0) is 6.42 Å². The van der Waals surface area contributed by atoms with Gasteiger partial charge in [0.1, 0.15) is 6.33 Å². The molecule has 2 aromatic rings. The number of imidazole rings is 1. The van der Waals surface area contributed by atoms with Gasteiger partial charge in [0.25, 0.3) is 0 Å². The van der Waals surface area contributed by atoms with Crippen molar-refractivity contribution in [3.8, 4) is 0 Å². The molecule has 0 aliphatic carbocycles. The summed E-state index contributed by atoms with van der Waals surface area (Å²) in [5.41, 5.74) is 2.53. The van der Waals surface area contributed by atoms with Crippen LogP contribution in [0.15, 0.2) is 29.6 Å². The second-order valence-electron chi connectivity index (χ2n) is 2.52. The summed E-state index contributed by atoms with van der Waals surface area (Å²) in [4.78, 5) is 19.3. The summed E-state index contributed by atoms with van der Waals surface area (Å²) in [5.74, 6) is -0.0107. The Bertz CT molecular complexity index is 379. The first-order valence-electron chi connectivity index (χ1n) is 3.74. The molecule has 0 saturated heterocycles. The van der Waals surface area contributed by atoms with E-state index in [0.717, 1.165) is 5.69 Å².